The Hall–Kier alpha value is -1.35. The van der Waals surface area contributed by atoms with Gasteiger partial charge in [0.05, 0.1) is 11.2 Å². The molecule has 0 aliphatic heterocycles. The van der Waals surface area contributed by atoms with Crippen molar-refractivity contribution in [3.63, 3.8) is 0 Å². The Kier molecular flexibility index (Phi) is 2.73. The largest absolute Gasteiger partial charge is 0.314 e. The molecule has 0 fully saturated rings. The van der Waals surface area contributed by atoms with Gasteiger partial charge in [-0.3, -0.25) is 4.68 Å². The Morgan fingerprint density at radius 2 is 2.20 bits per heavy atom. The molecule has 0 saturated heterocycles. The summed E-state index contributed by atoms with van der Waals surface area (Å²) in [5.74, 6) is 0. The Bertz CT molecular complexity index is 471. The van der Waals surface area contributed by atoms with Gasteiger partial charge in [-0.15, -0.1) is 0 Å². The highest BCUT2D eigenvalue weighted by atomic mass is 15.3. The molecule has 0 radical (unpaired) electrons. The summed E-state index contributed by atoms with van der Waals surface area (Å²) in [5.41, 5.74) is 3.65. The van der Waals surface area contributed by atoms with Gasteiger partial charge in [0, 0.05) is 18.5 Å². The molecule has 15 heavy (non-hydrogen) atoms. The number of rotatable bonds is 3. The van der Waals surface area contributed by atoms with Gasteiger partial charge in [0.2, 0.25) is 0 Å². The zero-order valence-corrected chi connectivity index (χ0v) is 9.54. The summed E-state index contributed by atoms with van der Waals surface area (Å²) in [4.78, 5) is 0. The molecule has 0 atom stereocenters. The van der Waals surface area contributed by atoms with E-state index < -0.39 is 0 Å². The summed E-state index contributed by atoms with van der Waals surface area (Å²) in [5, 5.41) is 9.03. The third-order valence-corrected chi connectivity index (χ3v) is 2.65. The number of hydrogen-bond acceptors (Lipinski definition) is 2. The molecule has 1 N–H and O–H groups in total. The minimum Gasteiger partial charge on any atom is -0.314 e. The minimum absolute atomic E-state index is 0.869. The molecule has 0 spiro atoms. The molecule has 0 amide bonds. The first kappa shape index (κ1) is 10.2. The van der Waals surface area contributed by atoms with Crippen molar-refractivity contribution < 1.29 is 0 Å². The molecule has 0 aliphatic rings. The summed E-state index contributed by atoms with van der Waals surface area (Å²) in [6.45, 7) is 6.03. The fourth-order valence-corrected chi connectivity index (χ4v) is 1.91. The van der Waals surface area contributed by atoms with Crippen LogP contribution in [0.15, 0.2) is 18.2 Å². The molecule has 0 unspecified atom stereocenters. The quantitative estimate of drug-likeness (QED) is 0.827. The van der Waals surface area contributed by atoms with E-state index in [1.807, 2.05) is 7.05 Å². The van der Waals surface area contributed by atoms with Crippen molar-refractivity contribution in [3.05, 3.63) is 29.5 Å². The molecular formula is C12H17N3. The molecule has 0 bridgehead atoms. The monoisotopic (exact) mass is 203 g/mol. The Labute approximate surface area is 90.1 Å². The molecule has 80 valence electrons. The lowest BCUT2D eigenvalue weighted by molar-refractivity contribution is 0.610. The summed E-state index contributed by atoms with van der Waals surface area (Å²) < 4.78 is 2.07. The van der Waals surface area contributed by atoms with Crippen LogP contribution in [0.3, 0.4) is 0 Å². The van der Waals surface area contributed by atoms with Crippen LogP contribution < -0.4 is 5.32 Å². The van der Waals surface area contributed by atoms with Crippen LogP contribution >= 0.6 is 0 Å². The van der Waals surface area contributed by atoms with Crippen LogP contribution in [-0.4, -0.2) is 16.8 Å². The van der Waals surface area contributed by atoms with E-state index in [-0.39, 0.29) is 0 Å². The highest BCUT2D eigenvalue weighted by Gasteiger charge is 2.08. The number of aryl methyl sites for hydroxylation is 2. The van der Waals surface area contributed by atoms with Gasteiger partial charge >= 0.3 is 0 Å². The lowest BCUT2D eigenvalue weighted by atomic mass is 10.1. The Balaban J connectivity index is 2.65. The minimum atomic E-state index is 0.869. The molecule has 0 aliphatic carbocycles. The number of aromatic nitrogens is 2. The first-order chi connectivity index (χ1) is 7.26. The smallest absolute Gasteiger partial charge is 0.0926 e. The maximum Gasteiger partial charge on any atom is 0.0926 e. The number of nitrogens with one attached hydrogen (secondary N) is 1. The summed E-state index contributed by atoms with van der Waals surface area (Å²) in [6.07, 6.45) is 0. The van der Waals surface area contributed by atoms with Gasteiger partial charge in [-0.25, -0.2) is 0 Å². The second-order valence-electron chi connectivity index (χ2n) is 3.81. The molecule has 1 heterocycles. The standard InChI is InChI=1S/C12H17N3/c1-4-15-12(8-13-3)10-7-9(2)5-6-11(10)14-15/h5-7,13H,4,8H2,1-3H3. The zero-order chi connectivity index (χ0) is 10.8. The Morgan fingerprint density at radius 3 is 2.87 bits per heavy atom. The SMILES string of the molecule is CCn1nc2ccc(C)cc2c1CNC. The average Bonchev–Trinajstić information content (AvgIpc) is 2.57. The van der Waals surface area contributed by atoms with E-state index in [1.165, 1.54) is 16.6 Å². The molecule has 2 rings (SSSR count). The highest BCUT2D eigenvalue weighted by molar-refractivity contribution is 5.82. The van der Waals surface area contributed by atoms with Crippen molar-refractivity contribution >= 4 is 10.9 Å². The number of nitrogens with zero attached hydrogens (tertiary/aromatic N) is 2. The fourth-order valence-electron chi connectivity index (χ4n) is 1.91. The average molecular weight is 203 g/mol. The van der Waals surface area contributed by atoms with Crippen LogP contribution in [-0.2, 0) is 13.1 Å². The molecule has 3 nitrogen and oxygen atoms in total. The van der Waals surface area contributed by atoms with Crippen LogP contribution in [0, 0.1) is 6.92 Å². The second kappa shape index (κ2) is 4.03. The van der Waals surface area contributed by atoms with Gasteiger partial charge in [-0.05, 0) is 33.0 Å². The summed E-state index contributed by atoms with van der Waals surface area (Å²) in [6, 6.07) is 6.41. The van der Waals surface area contributed by atoms with Crippen LogP contribution in [0.5, 0.6) is 0 Å². The van der Waals surface area contributed by atoms with Crippen LogP contribution in [0.25, 0.3) is 10.9 Å². The van der Waals surface area contributed by atoms with E-state index in [1.54, 1.807) is 0 Å². The fraction of sp³-hybridized carbons (Fsp3) is 0.417. The third-order valence-electron chi connectivity index (χ3n) is 2.65. The number of benzene rings is 1. The molecule has 1 aromatic heterocycles. The number of fused-ring (bicyclic) bond motifs is 1. The van der Waals surface area contributed by atoms with E-state index in [0.29, 0.717) is 0 Å². The van der Waals surface area contributed by atoms with Crippen molar-refractivity contribution in [1.29, 1.82) is 0 Å². The first-order valence-corrected chi connectivity index (χ1v) is 5.37. The molecule has 1 aromatic carbocycles. The van der Waals surface area contributed by atoms with Crippen LogP contribution in [0.4, 0.5) is 0 Å². The summed E-state index contributed by atoms with van der Waals surface area (Å²) >= 11 is 0. The first-order valence-electron chi connectivity index (χ1n) is 5.37. The van der Waals surface area contributed by atoms with Gasteiger partial charge in [0.1, 0.15) is 0 Å². The predicted molar refractivity (Wildman–Crippen MR) is 62.9 cm³/mol. The van der Waals surface area contributed by atoms with E-state index >= 15 is 0 Å². The van der Waals surface area contributed by atoms with Crippen molar-refractivity contribution in [2.75, 3.05) is 7.05 Å². The van der Waals surface area contributed by atoms with Crippen molar-refractivity contribution in [2.45, 2.75) is 26.9 Å². The summed E-state index contributed by atoms with van der Waals surface area (Å²) in [7, 11) is 1.97. The normalized spacial score (nSPS) is 11.1. The Morgan fingerprint density at radius 1 is 1.40 bits per heavy atom. The van der Waals surface area contributed by atoms with Gasteiger partial charge in [0.15, 0.2) is 0 Å². The lowest BCUT2D eigenvalue weighted by Gasteiger charge is -2.03. The van der Waals surface area contributed by atoms with Crippen molar-refractivity contribution in [2.24, 2.45) is 0 Å². The molecule has 2 aromatic rings. The van der Waals surface area contributed by atoms with E-state index in [9.17, 15) is 0 Å². The second-order valence-corrected chi connectivity index (χ2v) is 3.81. The highest BCUT2D eigenvalue weighted by Crippen LogP contribution is 2.19. The van der Waals surface area contributed by atoms with Crippen LogP contribution in [0.1, 0.15) is 18.2 Å². The van der Waals surface area contributed by atoms with Gasteiger partial charge < -0.3 is 5.32 Å². The van der Waals surface area contributed by atoms with Gasteiger partial charge in [-0.2, -0.15) is 5.10 Å². The molecular weight excluding hydrogens is 186 g/mol. The van der Waals surface area contributed by atoms with Gasteiger partial charge in [0.25, 0.3) is 0 Å². The maximum absolute atomic E-state index is 4.57. The molecule has 0 saturated carbocycles. The van der Waals surface area contributed by atoms with E-state index in [2.05, 4.69) is 47.1 Å². The topological polar surface area (TPSA) is 29.9 Å². The third kappa shape index (κ3) is 1.75. The zero-order valence-electron chi connectivity index (χ0n) is 9.54. The van der Waals surface area contributed by atoms with E-state index in [0.717, 1.165) is 18.6 Å². The number of hydrogen-bond donors (Lipinski definition) is 1. The van der Waals surface area contributed by atoms with Gasteiger partial charge in [-0.1, -0.05) is 11.6 Å². The maximum atomic E-state index is 4.57. The van der Waals surface area contributed by atoms with E-state index in [4.69, 9.17) is 0 Å². The molecule has 3 heteroatoms. The lowest BCUT2D eigenvalue weighted by Crippen LogP contribution is -2.11. The van der Waals surface area contributed by atoms with Crippen molar-refractivity contribution in [1.82, 2.24) is 15.1 Å². The van der Waals surface area contributed by atoms with Crippen molar-refractivity contribution in [3.8, 4) is 0 Å². The van der Waals surface area contributed by atoms with Crippen LogP contribution in [0.2, 0.25) is 0 Å². The predicted octanol–water partition coefficient (Wildman–Crippen LogP) is 2.08.